The Kier molecular flexibility index (Phi) is 4.34. The Balaban J connectivity index is 1.66. The Morgan fingerprint density at radius 1 is 1.29 bits per heavy atom. The molecule has 1 N–H and O–H groups in total. The molecule has 0 radical (unpaired) electrons. The fourth-order valence-electron chi connectivity index (χ4n) is 2.41. The second-order valence-corrected chi connectivity index (χ2v) is 6.86. The lowest BCUT2D eigenvalue weighted by Crippen LogP contribution is -2.24. The zero-order valence-corrected chi connectivity index (χ0v) is 14.5. The standard InChI is InChI=1S/C16H14BrCl2NO/c1-9-4-13(17)15(7-14(9)19)20-8-12-6-10-5-11(18)2-3-16(10)21-12/h2-5,7,12,20H,6,8H2,1H3. The third-order valence-corrected chi connectivity index (χ3v) is 4.83. The van der Waals surface area contributed by atoms with Crippen molar-refractivity contribution in [3.05, 3.63) is 56.0 Å². The van der Waals surface area contributed by atoms with Crippen LogP contribution in [0, 0.1) is 6.92 Å². The van der Waals surface area contributed by atoms with E-state index in [0.717, 1.165) is 43.5 Å². The van der Waals surface area contributed by atoms with Crippen LogP contribution >= 0.6 is 39.1 Å². The quantitative estimate of drug-likeness (QED) is 0.753. The number of fused-ring (bicyclic) bond motifs is 1. The number of aryl methyl sites for hydroxylation is 1. The molecule has 1 aliphatic heterocycles. The van der Waals surface area contributed by atoms with Crippen LogP contribution in [0.3, 0.4) is 0 Å². The number of rotatable bonds is 3. The molecule has 1 unspecified atom stereocenters. The molecule has 0 saturated carbocycles. The Hall–Kier alpha value is -0.900. The van der Waals surface area contributed by atoms with Gasteiger partial charge >= 0.3 is 0 Å². The van der Waals surface area contributed by atoms with E-state index in [0.29, 0.717) is 6.54 Å². The predicted molar refractivity (Wildman–Crippen MR) is 92.0 cm³/mol. The minimum atomic E-state index is 0.102. The first-order valence-electron chi connectivity index (χ1n) is 6.67. The molecule has 0 bridgehead atoms. The van der Waals surface area contributed by atoms with E-state index in [1.54, 1.807) is 0 Å². The van der Waals surface area contributed by atoms with Gasteiger partial charge in [0.05, 0.1) is 12.2 Å². The molecule has 1 aliphatic rings. The Labute approximate surface area is 142 Å². The molecule has 21 heavy (non-hydrogen) atoms. The average molecular weight is 387 g/mol. The molecule has 0 saturated heterocycles. The zero-order valence-electron chi connectivity index (χ0n) is 11.4. The molecular weight excluding hydrogens is 373 g/mol. The maximum absolute atomic E-state index is 6.16. The summed E-state index contributed by atoms with van der Waals surface area (Å²) in [6.45, 7) is 2.70. The summed E-state index contributed by atoms with van der Waals surface area (Å²) in [7, 11) is 0. The number of anilines is 1. The van der Waals surface area contributed by atoms with Crippen molar-refractivity contribution in [3.8, 4) is 5.75 Å². The minimum absolute atomic E-state index is 0.102. The molecule has 1 atom stereocenters. The Morgan fingerprint density at radius 3 is 2.90 bits per heavy atom. The summed E-state index contributed by atoms with van der Waals surface area (Å²) in [5, 5.41) is 4.89. The molecule has 0 amide bonds. The summed E-state index contributed by atoms with van der Waals surface area (Å²) >= 11 is 15.7. The van der Waals surface area contributed by atoms with Crippen LogP contribution in [0.2, 0.25) is 10.0 Å². The van der Waals surface area contributed by atoms with Crippen LogP contribution in [0.4, 0.5) is 5.69 Å². The van der Waals surface area contributed by atoms with Gasteiger partial charge in [-0.15, -0.1) is 0 Å². The number of hydrogen-bond acceptors (Lipinski definition) is 2. The molecule has 2 nitrogen and oxygen atoms in total. The summed E-state index contributed by atoms with van der Waals surface area (Å²) in [4.78, 5) is 0. The molecule has 2 aromatic carbocycles. The molecule has 1 heterocycles. The fourth-order valence-corrected chi connectivity index (χ4v) is 3.36. The van der Waals surface area contributed by atoms with Crippen LogP contribution < -0.4 is 10.1 Å². The van der Waals surface area contributed by atoms with Crippen molar-refractivity contribution in [3.63, 3.8) is 0 Å². The number of nitrogens with one attached hydrogen (secondary N) is 1. The van der Waals surface area contributed by atoms with Crippen molar-refractivity contribution in [2.75, 3.05) is 11.9 Å². The van der Waals surface area contributed by atoms with Gasteiger partial charge in [0.1, 0.15) is 11.9 Å². The molecule has 5 heteroatoms. The first-order chi connectivity index (χ1) is 10.0. The van der Waals surface area contributed by atoms with Gasteiger partial charge in [-0.3, -0.25) is 0 Å². The van der Waals surface area contributed by atoms with E-state index in [1.807, 2.05) is 37.3 Å². The van der Waals surface area contributed by atoms with Gasteiger partial charge in [0.15, 0.2) is 0 Å². The van der Waals surface area contributed by atoms with Crippen LogP contribution in [0.1, 0.15) is 11.1 Å². The fraction of sp³-hybridized carbons (Fsp3) is 0.250. The average Bonchev–Trinajstić information content (AvgIpc) is 2.83. The lowest BCUT2D eigenvalue weighted by Gasteiger charge is -2.15. The zero-order chi connectivity index (χ0) is 15.0. The largest absolute Gasteiger partial charge is 0.488 e. The van der Waals surface area contributed by atoms with Crippen LogP contribution in [0.25, 0.3) is 0 Å². The van der Waals surface area contributed by atoms with Crippen LogP contribution in [0.5, 0.6) is 5.75 Å². The maximum atomic E-state index is 6.16. The first kappa shape index (κ1) is 15.0. The Bertz CT molecular complexity index is 690. The van der Waals surface area contributed by atoms with Gasteiger partial charge in [0.25, 0.3) is 0 Å². The molecule has 0 spiro atoms. The minimum Gasteiger partial charge on any atom is -0.488 e. The second kappa shape index (κ2) is 6.07. The lowest BCUT2D eigenvalue weighted by molar-refractivity contribution is 0.246. The van der Waals surface area contributed by atoms with Crippen molar-refractivity contribution in [1.29, 1.82) is 0 Å². The van der Waals surface area contributed by atoms with Gasteiger partial charge in [-0.1, -0.05) is 23.2 Å². The summed E-state index contributed by atoms with van der Waals surface area (Å²) in [5.74, 6) is 0.923. The highest BCUT2D eigenvalue weighted by Gasteiger charge is 2.23. The Morgan fingerprint density at radius 2 is 2.10 bits per heavy atom. The van der Waals surface area contributed by atoms with Crippen molar-refractivity contribution < 1.29 is 4.74 Å². The van der Waals surface area contributed by atoms with E-state index in [4.69, 9.17) is 27.9 Å². The molecule has 2 aromatic rings. The highest BCUT2D eigenvalue weighted by molar-refractivity contribution is 9.10. The molecule has 0 fully saturated rings. The molecular formula is C16H14BrCl2NO. The number of halogens is 3. The topological polar surface area (TPSA) is 21.3 Å². The van der Waals surface area contributed by atoms with Gasteiger partial charge < -0.3 is 10.1 Å². The van der Waals surface area contributed by atoms with Gasteiger partial charge in [0, 0.05) is 20.9 Å². The van der Waals surface area contributed by atoms with Gasteiger partial charge in [0.2, 0.25) is 0 Å². The van der Waals surface area contributed by atoms with Gasteiger partial charge in [-0.25, -0.2) is 0 Å². The molecule has 0 aromatic heterocycles. The van der Waals surface area contributed by atoms with Crippen molar-refractivity contribution in [1.82, 2.24) is 0 Å². The monoisotopic (exact) mass is 385 g/mol. The maximum Gasteiger partial charge on any atom is 0.123 e. The lowest BCUT2D eigenvalue weighted by atomic mass is 10.1. The van der Waals surface area contributed by atoms with E-state index in [-0.39, 0.29) is 6.10 Å². The van der Waals surface area contributed by atoms with Crippen LogP contribution in [-0.2, 0) is 6.42 Å². The summed E-state index contributed by atoms with van der Waals surface area (Å²) in [5.41, 5.74) is 3.19. The number of hydrogen-bond donors (Lipinski definition) is 1. The van der Waals surface area contributed by atoms with E-state index >= 15 is 0 Å². The predicted octanol–water partition coefficient (Wildman–Crippen LogP) is 5.48. The third kappa shape index (κ3) is 3.31. The van der Waals surface area contributed by atoms with Crippen molar-refractivity contribution >= 4 is 44.8 Å². The van der Waals surface area contributed by atoms with E-state index in [1.165, 1.54) is 0 Å². The highest BCUT2D eigenvalue weighted by atomic mass is 79.9. The summed E-state index contributed by atoms with van der Waals surface area (Å²) in [6.07, 6.45) is 0.963. The van der Waals surface area contributed by atoms with E-state index in [2.05, 4.69) is 21.2 Å². The van der Waals surface area contributed by atoms with Gasteiger partial charge in [-0.05, 0) is 64.3 Å². The highest BCUT2D eigenvalue weighted by Crippen LogP contribution is 2.32. The second-order valence-electron chi connectivity index (χ2n) is 5.16. The number of benzene rings is 2. The van der Waals surface area contributed by atoms with Crippen molar-refractivity contribution in [2.45, 2.75) is 19.4 Å². The normalized spacial score (nSPS) is 16.5. The summed E-state index contributed by atoms with van der Waals surface area (Å²) < 4.78 is 6.91. The van der Waals surface area contributed by atoms with Gasteiger partial charge in [-0.2, -0.15) is 0 Å². The first-order valence-corrected chi connectivity index (χ1v) is 8.22. The number of ether oxygens (including phenoxy) is 1. The summed E-state index contributed by atoms with van der Waals surface area (Å²) in [6, 6.07) is 9.69. The molecule has 110 valence electrons. The molecule has 3 rings (SSSR count). The third-order valence-electron chi connectivity index (χ3n) is 3.53. The van der Waals surface area contributed by atoms with E-state index < -0.39 is 0 Å². The van der Waals surface area contributed by atoms with Crippen molar-refractivity contribution in [2.24, 2.45) is 0 Å². The van der Waals surface area contributed by atoms with E-state index in [9.17, 15) is 0 Å². The smallest absolute Gasteiger partial charge is 0.123 e. The van der Waals surface area contributed by atoms with Crippen LogP contribution in [0.15, 0.2) is 34.8 Å². The SMILES string of the molecule is Cc1cc(Br)c(NCC2Cc3cc(Cl)ccc3O2)cc1Cl. The molecule has 0 aliphatic carbocycles. The van der Waals surface area contributed by atoms with Crippen LogP contribution in [-0.4, -0.2) is 12.6 Å².